The zero-order chi connectivity index (χ0) is 8.27. The zero-order valence-corrected chi connectivity index (χ0v) is 6.30. The first-order chi connectivity index (χ1) is 5.24. The van der Waals surface area contributed by atoms with E-state index in [-0.39, 0.29) is 11.6 Å². The Morgan fingerprint density at radius 1 is 1.36 bits per heavy atom. The van der Waals surface area contributed by atoms with E-state index >= 15 is 0 Å². The van der Waals surface area contributed by atoms with Crippen molar-refractivity contribution in [3.05, 3.63) is 35.6 Å². The molecule has 0 spiro atoms. The second-order valence-electron chi connectivity index (χ2n) is 2.28. The molecule has 0 bridgehead atoms. The molecule has 0 atom stereocenters. The van der Waals surface area contributed by atoms with E-state index < -0.39 is 0 Å². The lowest BCUT2D eigenvalue weighted by atomic mass is 9.96. The Balaban J connectivity index is 2.90. The number of carbonyl (C=O) groups is 1. The van der Waals surface area contributed by atoms with Crippen LogP contribution >= 0.6 is 0 Å². The predicted molar refractivity (Wildman–Crippen MR) is 44.1 cm³/mol. The van der Waals surface area contributed by atoms with E-state index in [0.717, 1.165) is 0 Å². The van der Waals surface area contributed by atoms with E-state index in [9.17, 15) is 9.18 Å². The third-order valence-corrected chi connectivity index (χ3v) is 1.49. The lowest BCUT2D eigenvalue weighted by Crippen LogP contribution is -1.96. The number of rotatable bonds is 2. The Bertz CT molecular complexity index is 255. The summed E-state index contributed by atoms with van der Waals surface area (Å²) in [5.74, 6) is -0.261. The zero-order valence-electron chi connectivity index (χ0n) is 6.30. The maximum absolute atomic E-state index is 12.3. The summed E-state index contributed by atoms with van der Waals surface area (Å²) in [4.78, 5) is 11.0. The van der Waals surface area contributed by atoms with Gasteiger partial charge in [-0.3, -0.25) is 4.79 Å². The molecule has 0 aliphatic carbocycles. The molecule has 0 fully saturated rings. The second kappa shape index (κ2) is 3.33. The molecule has 0 aliphatic heterocycles. The molecule has 0 saturated carbocycles. The van der Waals surface area contributed by atoms with Gasteiger partial charge in [-0.15, -0.1) is 0 Å². The average molecular weight is 150 g/mol. The Morgan fingerprint density at radius 2 is 1.91 bits per heavy atom. The van der Waals surface area contributed by atoms with Gasteiger partial charge >= 0.3 is 0 Å². The van der Waals surface area contributed by atoms with E-state index in [4.69, 9.17) is 0 Å². The van der Waals surface area contributed by atoms with Gasteiger partial charge in [0.15, 0.2) is 5.78 Å². The summed E-state index contributed by atoms with van der Waals surface area (Å²) >= 11 is 0. The fourth-order valence-corrected chi connectivity index (χ4v) is 0.840. The van der Waals surface area contributed by atoms with Gasteiger partial charge in [0, 0.05) is 5.56 Å². The molecule has 56 valence electrons. The van der Waals surface area contributed by atoms with Crippen molar-refractivity contribution in [2.45, 2.75) is 6.32 Å². The molecule has 0 amide bonds. The van der Waals surface area contributed by atoms with Crippen LogP contribution in [-0.4, -0.2) is 13.6 Å². The van der Waals surface area contributed by atoms with Crippen molar-refractivity contribution in [3.8, 4) is 0 Å². The third kappa shape index (κ3) is 1.90. The summed E-state index contributed by atoms with van der Waals surface area (Å²) in [5.41, 5.74) is 0.578. The first-order valence-corrected chi connectivity index (χ1v) is 3.53. The second-order valence-corrected chi connectivity index (χ2v) is 2.28. The Morgan fingerprint density at radius 3 is 2.36 bits per heavy atom. The predicted octanol–water partition coefficient (Wildman–Crippen LogP) is 1.06. The maximum atomic E-state index is 12.3. The van der Waals surface area contributed by atoms with Gasteiger partial charge in [0.1, 0.15) is 13.7 Å². The van der Waals surface area contributed by atoms with Gasteiger partial charge in [0.05, 0.1) is 0 Å². The van der Waals surface area contributed by atoms with Gasteiger partial charge in [0.25, 0.3) is 0 Å². The van der Waals surface area contributed by atoms with E-state index in [2.05, 4.69) is 0 Å². The first-order valence-electron chi connectivity index (χ1n) is 3.53. The molecule has 0 N–H and O–H groups in total. The molecule has 1 nitrogen and oxygen atoms in total. The number of halogens is 1. The highest BCUT2D eigenvalue weighted by atomic mass is 19.1. The van der Waals surface area contributed by atoms with Crippen molar-refractivity contribution in [3.63, 3.8) is 0 Å². The summed E-state index contributed by atoms with van der Waals surface area (Å²) in [5, 5.41) is 0. The quantitative estimate of drug-likeness (QED) is 0.455. The molecule has 1 rings (SSSR count). The molecular formula is C8H8BFO. The largest absolute Gasteiger partial charge is 0.295 e. The molecule has 11 heavy (non-hydrogen) atoms. The third-order valence-electron chi connectivity index (χ3n) is 1.49. The van der Waals surface area contributed by atoms with E-state index in [1.54, 1.807) is 7.85 Å². The summed E-state index contributed by atoms with van der Waals surface area (Å²) in [7, 11) is 1.78. The monoisotopic (exact) mass is 150 g/mol. The molecule has 1 aromatic rings. The normalized spacial score (nSPS) is 9.55. The van der Waals surface area contributed by atoms with Crippen molar-refractivity contribution >= 4 is 13.6 Å². The minimum Gasteiger partial charge on any atom is -0.295 e. The number of ketones is 1. The fraction of sp³-hybridized carbons (Fsp3) is 0.125. The highest BCUT2D eigenvalue weighted by Gasteiger charge is 2.00. The van der Waals surface area contributed by atoms with Crippen LogP contribution in [0.3, 0.4) is 0 Å². The van der Waals surface area contributed by atoms with Gasteiger partial charge in [-0.1, -0.05) is 0 Å². The molecule has 0 heterocycles. The van der Waals surface area contributed by atoms with Crippen LogP contribution in [0.15, 0.2) is 24.3 Å². The van der Waals surface area contributed by atoms with Gasteiger partial charge in [-0.05, 0) is 30.6 Å². The average Bonchev–Trinajstić information content (AvgIpc) is 2.05. The van der Waals surface area contributed by atoms with Crippen molar-refractivity contribution < 1.29 is 9.18 Å². The van der Waals surface area contributed by atoms with Crippen molar-refractivity contribution in [1.82, 2.24) is 0 Å². The topological polar surface area (TPSA) is 17.1 Å². The summed E-state index contributed by atoms with van der Waals surface area (Å²) in [6.45, 7) is 0. The number of hydrogen-bond donors (Lipinski definition) is 0. The molecule has 0 unspecified atom stereocenters. The van der Waals surface area contributed by atoms with Crippen LogP contribution in [-0.2, 0) is 0 Å². The van der Waals surface area contributed by atoms with Crippen LogP contribution in [0.25, 0.3) is 0 Å². The SMILES string of the molecule is BCC(=O)c1ccc(F)cc1. The number of Topliss-reactive ketones (excluding diaryl/α,β-unsaturated/α-hetero) is 1. The van der Waals surface area contributed by atoms with Gasteiger partial charge < -0.3 is 0 Å². The fourth-order valence-electron chi connectivity index (χ4n) is 0.840. The molecule has 0 radical (unpaired) electrons. The Hall–Kier alpha value is -1.12. The van der Waals surface area contributed by atoms with Crippen molar-refractivity contribution in [2.75, 3.05) is 0 Å². The van der Waals surface area contributed by atoms with Crippen LogP contribution < -0.4 is 0 Å². The summed E-state index contributed by atoms with van der Waals surface area (Å²) < 4.78 is 12.3. The van der Waals surface area contributed by atoms with E-state index in [0.29, 0.717) is 11.9 Å². The Labute approximate surface area is 65.6 Å². The lowest BCUT2D eigenvalue weighted by molar-refractivity contribution is 0.101. The van der Waals surface area contributed by atoms with Gasteiger partial charge in [-0.25, -0.2) is 4.39 Å². The lowest BCUT2D eigenvalue weighted by Gasteiger charge is -1.95. The molecule has 3 heteroatoms. The van der Waals surface area contributed by atoms with Crippen LogP contribution in [0.4, 0.5) is 4.39 Å². The summed E-state index contributed by atoms with van der Waals surface area (Å²) in [6, 6.07) is 5.59. The smallest absolute Gasteiger partial charge is 0.155 e. The van der Waals surface area contributed by atoms with Crippen molar-refractivity contribution in [1.29, 1.82) is 0 Å². The highest BCUT2D eigenvalue weighted by molar-refractivity contribution is 6.23. The molecule has 0 saturated heterocycles. The maximum Gasteiger partial charge on any atom is 0.155 e. The summed E-state index contributed by atoms with van der Waals surface area (Å²) in [6.07, 6.45) is 0.464. The molecule has 1 aromatic carbocycles. The highest BCUT2D eigenvalue weighted by Crippen LogP contribution is 2.04. The minimum absolute atomic E-state index is 0.0463. The van der Waals surface area contributed by atoms with Crippen LogP contribution in [0, 0.1) is 5.82 Å². The van der Waals surface area contributed by atoms with Crippen LogP contribution in [0.2, 0.25) is 6.32 Å². The number of carbonyl (C=O) groups excluding carboxylic acids is 1. The molecule has 0 aliphatic rings. The molecule has 0 aromatic heterocycles. The van der Waals surface area contributed by atoms with Gasteiger partial charge in [0.2, 0.25) is 0 Å². The van der Waals surface area contributed by atoms with E-state index in [1.165, 1.54) is 24.3 Å². The number of hydrogen-bond acceptors (Lipinski definition) is 1. The van der Waals surface area contributed by atoms with Crippen LogP contribution in [0.1, 0.15) is 10.4 Å². The number of benzene rings is 1. The standard InChI is InChI=1S/C8H8BFO/c9-5-8(11)6-1-3-7(10)4-2-6/h1-4H,5,9H2. The van der Waals surface area contributed by atoms with Crippen molar-refractivity contribution in [2.24, 2.45) is 0 Å². The van der Waals surface area contributed by atoms with Crippen LogP contribution in [0.5, 0.6) is 0 Å². The van der Waals surface area contributed by atoms with E-state index in [1.807, 2.05) is 0 Å². The molecular weight excluding hydrogens is 142 g/mol. The minimum atomic E-state index is -0.308. The first kappa shape index (κ1) is 7.99. The Kier molecular flexibility index (Phi) is 2.42. The van der Waals surface area contributed by atoms with Gasteiger partial charge in [-0.2, -0.15) is 0 Å².